The highest BCUT2D eigenvalue weighted by Crippen LogP contribution is 2.12. The van der Waals surface area contributed by atoms with Gasteiger partial charge in [0.05, 0.1) is 0 Å². The third-order valence-corrected chi connectivity index (χ3v) is 2.25. The van der Waals surface area contributed by atoms with E-state index in [0.717, 1.165) is 16.8 Å². The number of benzene rings is 1. The molecule has 0 atom stereocenters. The Balaban J connectivity index is 2.23. The van der Waals surface area contributed by atoms with E-state index in [2.05, 4.69) is 15.5 Å². The number of tetrazole rings is 1. The van der Waals surface area contributed by atoms with E-state index in [-0.39, 0.29) is 17.8 Å². The van der Waals surface area contributed by atoms with Crippen LogP contribution in [-0.4, -0.2) is 31.3 Å². The quantitative estimate of drug-likeness (QED) is 0.865. The standard InChI is InChI=1S/C10H8F2N4O2/c11-7-2-1-6(8(12)4-7)3-9-13-14-15-16(9)5-10(17)18/h1-2,4H,3,5H2,(H,17,18). The Bertz CT molecular complexity index is 585. The summed E-state index contributed by atoms with van der Waals surface area (Å²) in [5.41, 5.74) is 0.192. The highest BCUT2D eigenvalue weighted by molar-refractivity contribution is 5.66. The second kappa shape index (κ2) is 4.86. The molecule has 0 unspecified atom stereocenters. The van der Waals surface area contributed by atoms with E-state index in [9.17, 15) is 13.6 Å². The normalized spacial score (nSPS) is 10.6. The number of carboxylic acids is 1. The molecule has 0 saturated heterocycles. The minimum Gasteiger partial charge on any atom is -0.480 e. The maximum absolute atomic E-state index is 13.4. The Hall–Kier alpha value is -2.38. The molecular formula is C10H8F2N4O2. The van der Waals surface area contributed by atoms with E-state index in [4.69, 9.17) is 5.11 Å². The maximum Gasteiger partial charge on any atom is 0.325 e. The second-order valence-electron chi connectivity index (χ2n) is 3.56. The van der Waals surface area contributed by atoms with Crippen LogP contribution in [0.2, 0.25) is 0 Å². The van der Waals surface area contributed by atoms with Crippen molar-refractivity contribution in [1.82, 2.24) is 20.2 Å². The Morgan fingerprint density at radius 3 is 2.83 bits per heavy atom. The number of hydrogen-bond donors (Lipinski definition) is 1. The molecule has 1 aromatic heterocycles. The van der Waals surface area contributed by atoms with E-state index in [1.165, 1.54) is 6.07 Å². The van der Waals surface area contributed by atoms with Crippen LogP contribution in [-0.2, 0) is 17.8 Å². The van der Waals surface area contributed by atoms with Crippen LogP contribution in [0.15, 0.2) is 18.2 Å². The highest BCUT2D eigenvalue weighted by atomic mass is 19.1. The average molecular weight is 254 g/mol. The van der Waals surface area contributed by atoms with Crippen LogP contribution in [0, 0.1) is 11.6 Å². The predicted octanol–water partition coefficient (Wildman–Crippen LogP) is 0.627. The summed E-state index contributed by atoms with van der Waals surface area (Å²) in [6.45, 7) is -0.412. The zero-order chi connectivity index (χ0) is 13.1. The number of aliphatic carboxylic acids is 1. The molecule has 0 bridgehead atoms. The summed E-state index contributed by atoms with van der Waals surface area (Å²) in [5, 5.41) is 19.0. The molecule has 1 heterocycles. The third-order valence-electron chi connectivity index (χ3n) is 2.25. The summed E-state index contributed by atoms with van der Waals surface area (Å²) in [7, 11) is 0. The Morgan fingerprint density at radius 1 is 1.39 bits per heavy atom. The van der Waals surface area contributed by atoms with Gasteiger partial charge in [0.2, 0.25) is 0 Å². The number of hydrogen-bond acceptors (Lipinski definition) is 4. The van der Waals surface area contributed by atoms with E-state index in [0.29, 0.717) is 0 Å². The summed E-state index contributed by atoms with van der Waals surface area (Å²) in [4.78, 5) is 10.5. The lowest BCUT2D eigenvalue weighted by Crippen LogP contribution is -2.14. The largest absolute Gasteiger partial charge is 0.480 e. The maximum atomic E-state index is 13.4. The molecule has 0 aliphatic carbocycles. The van der Waals surface area contributed by atoms with Gasteiger partial charge in [0, 0.05) is 12.5 Å². The lowest BCUT2D eigenvalue weighted by atomic mass is 10.1. The fourth-order valence-corrected chi connectivity index (χ4v) is 1.44. The molecule has 94 valence electrons. The van der Waals surface area contributed by atoms with Crippen molar-refractivity contribution in [2.24, 2.45) is 0 Å². The number of halogens is 2. The van der Waals surface area contributed by atoms with Gasteiger partial charge in [0.1, 0.15) is 18.2 Å². The van der Waals surface area contributed by atoms with Gasteiger partial charge < -0.3 is 5.11 Å². The minimum atomic E-state index is -1.11. The van der Waals surface area contributed by atoms with Crippen molar-refractivity contribution in [3.8, 4) is 0 Å². The number of nitrogens with zero attached hydrogens (tertiary/aromatic N) is 4. The van der Waals surface area contributed by atoms with Crippen LogP contribution < -0.4 is 0 Å². The molecule has 18 heavy (non-hydrogen) atoms. The Morgan fingerprint density at radius 2 is 2.17 bits per heavy atom. The molecule has 6 nitrogen and oxygen atoms in total. The van der Waals surface area contributed by atoms with Crippen LogP contribution in [0.5, 0.6) is 0 Å². The average Bonchev–Trinajstić information content (AvgIpc) is 2.69. The molecule has 0 amide bonds. The predicted molar refractivity (Wildman–Crippen MR) is 54.6 cm³/mol. The first-order valence-electron chi connectivity index (χ1n) is 4.97. The molecular weight excluding hydrogens is 246 g/mol. The van der Waals surface area contributed by atoms with Crippen molar-refractivity contribution >= 4 is 5.97 Å². The fourth-order valence-electron chi connectivity index (χ4n) is 1.44. The lowest BCUT2D eigenvalue weighted by Gasteiger charge is -2.03. The smallest absolute Gasteiger partial charge is 0.325 e. The van der Waals surface area contributed by atoms with Crippen molar-refractivity contribution in [1.29, 1.82) is 0 Å². The van der Waals surface area contributed by atoms with Gasteiger partial charge in [-0.15, -0.1) is 5.10 Å². The zero-order valence-corrected chi connectivity index (χ0v) is 9.05. The first-order valence-corrected chi connectivity index (χ1v) is 4.97. The minimum absolute atomic E-state index is 0.00755. The first kappa shape index (κ1) is 12.1. The molecule has 0 saturated carbocycles. The van der Waals surface area contributed by atoms with Crippen LogP contribution in [0.4, 0.5) is 8.78 Å². The van der Waals surface area contributed by atoms with Gasteiger partial charge in [-0.1, -0.05) is 6.07 Å². The molecule has 0 aliphatic rings. The van der Waals surface area contributed by atoms with Gasteiger partial charge >= 0.3 is 5.97 Å². The van der Waals surface area contributed by atoms with Crippen molar-refractivity contribution in [3.63, 3.8) is 0 Å². The summed E-state index contributed by atoms with van der Waals surface area (Å²) >= 11 is 0. The van der Waals surface area contributed by atoms with Gasteiger partial charge in [-0.3, -0.25) is 4.79 Å². The van der Waals surface area contributed by atoms with Crippen molar-refractivity contribution in [3.05, 3.63) is 41.2 Å². The summed E-state index contributed by atoms with van der Waals surface area (Å²) in [5.74, 6) is -2.31. The van der Waals surface area contributed by atoms with Gasteiger partial charge in [-0.25, -0.2) is 13.5 Å². The molecule has 2 rings (SSSR count). The Labute approximate surface area is 99.9 Å². The third kappa shape index (κ3) is 2.65. The molecule has 8 heteroatoms. The second-order valence-corrected chi connectivity index (χ2v) is 3.56. The van der Waals surface area contributed by atoms with Crippen molar-refractivity contribution in [2.45, 2.75) is 13.0 Å². The first-order chi connectivity index (χ1) is 8.56. The number of carbonyl (C=O) groups is 1. The van der Waals surface area contributed by atoms with E-state index >= 15 is 0 Å². The SMILES string of the molecule is O=C(O)Cn1nnnc1Cc1ccc(F)cc1F. The summed E-state index contributed by atoms with van der Waals surface area (Å²) in [6, 6.07) is 3.13. The van der Waals surface area contributed by atoms with Gasteiger partial charge in [-0.2, -0.15) is 0 Å². The molecule has 0 fully saturated rings. The highest BCUT2D eigenvalue weighted by Gasteiger charge is 2.12. The molecule has 0 spiro atoms. The summed E-state index contributed by atoms with van der Waals surface area (Å²) < 4.78 is 27.2. The molecule has 1 aromatic carbocycles. The molecule has 0 radical (unpaired) electrons. The van der Waals surface area contributed by atoms with Gasteiger partial charge in [0.15, 0.2) is 5.82 Å². The number of carboxylic acid groups (broad SMARTS) is 1. The van der Waals surface area contributed by atoms with E-state index in [1.54, 1.807) is 0 Å². The van der Waals surface area contributed by atoms with Crippen LogP contribution in [0.1, 0.15) is 11.4 Å². The van der Waals surface area contributed by atoms with E-state index < -0.39 is 24.1 Å². The van der Waals surface area contributed by atoms with E-state index in [1.807, 2.05) is 0 Å². The molecule has 0 aliphatic heterocycles. The van der Waals surface area contributed by atoms with Gasteiger partial charge in [-0.05, 0) is 22.1 Å². The van der Waals surface area contributed by atoms with Crippen LogP contribution in [0.3, 0.4) is 0 Å². The van der Waals surface area contributed by atoms with Gasteiger partial charge in [0.25, 0.3) is 0 Å². The number of aromatic nitrogens is 4. The topological polar surface area (TPSA) is 80.9 Å². The fraction of sp³-hybridized carbons (Fsp3) is 0.200. The monoisotopic (exact) mass is 254 g/mol. The van der Waals surface area contributed by atoms with Crippen molar-refractivity contribution in [2.75, 3.05) is 0 Å². The van der Waals surface area contributed by atoms with Crippen LogP contribution >= 0.6 is 0 Å². The van der Waals surface area contributed by atoms with Crippen molar-refractivity contribution < 1.29 is 18.7 Å². The Kier molecular flexibility index (Phi) is 3.26. The van der Waals surface area contributed by atoms with Crippen LogP contribution in [0.25, 0.3) is 0 Å². The lowest BCUT2D eigenvalue weighted by molar-refractivity contribution is -0.138. The zero-order valence-electron chi connectivity index (χ0n) is 9.05. The summed E-state index contributed by atoms with van der Waals surface area (Å²) in [6.07, 6.45) is -0.00755. The number of rotatable bonds is 4. The molecule has 2 aromatic rings. The molecule has 1 N–H and O–H groups in total.